The van der Waals surface area contributed by atoms with Gasteiger partial charge in [0.05, 0.1) is 35.8 Å². The minimum Gasteiger partial charge on any atom is -0.399 e. The summed E-state index contributed by atoms with van der Waals surface area (Å²) in [6.07, 6.45) is -3.01. The summed E-state index contributed by atoms with van der Waals surface area (Å²) >= 11 is 0. The summed E-state index contributed by atoms with van der Waals surface area (Å²) in [5, 5.41) is 1.04. The second-order valence-electron chi connectivity index (χ2n) is 6.69. The van der Waals surface area contributed by atoms with Crippen molar-refractivity contribution >= 4 is 11.9 Å². The van der Waals surface area contributed by atoms with E-state index in [4.69, 9.17) is 11.6 Å². The number of nitrogens with zero attached hydrogens (tertiary/aromatic N) is 4. The van der Waals surface area contributed by atoms with Crippen molar-refractivity contribution in [1.29, 1.82) is 0 Å². The van der Waals surface area contributed by atoms with Crippen LogP contribution in [0.15, 0.2) is 42.0 Å². The lowest BCUT2D eigenvalue weighted by atomic mass is 10.0. The van der Waals surface area contributed by atoms with Crippen LogP contribution in [0.2, 0.25) is 0 Å². The fourth-order valence-electron chi connectivity index (χ4n) is 3.10. The van der Waals surface area contributed by atoms with Gasteiger partial charge in [0.25, 0.3) is 5.91 Å². The molecule has 160 valence electrons. The third-order valence-electron chi connectivity index (χ3n) is 4.64. The Morgan fingerprint density at radius 1 is 1.23 bits per heavy atom. The SMILES string of the molecule is C[C@@H]1CC(N(N)c2ncc(F)cn2)=C(N)CN1C(=O)c1cccc(C(F)(F)F)c1F. The molecule has 0 saturated carbocycles. The van der Waals surface area contributed by atoms with Crippen molar-refractivity contribution in [2.24, 2.45) is 11.6 Å². The first-order valence-electron chi connectivity index (χ1n) is 8.67. The number of halogens is 5. The summed E-state index contributed by atoms with van der Waals surface area (Å²) in [6, 6.07) is 1.93. The number of aromatic nitrogens is 2. The largest absolute Gasteiger partial charge is 0.419 e. The minimum atomic E-state index is -4.94. The minimum absolute atomic E-state index is 0.0368. The first-order valence-corrected chi connectivity index (χ1v) is 8.67. The number of alkyl halides is 3. The normalized spacial score (nSPS) is 17.3. The number of nitrogens with two attached hydrogens (primary N) is 2. The zero-order valence-electron chi connectivity index (χ0n) is 15.6. The van der Waals surface area contributed by atoms with Gasteiger partial charge in [-0.1, -0.05) is 6.07 Å². The third kappa shape index (κ3) is 4.03. The molecule has 0 aliphatic carbocycles. The van der Waals surface area contributed by atoms with Crippen molar-refractivity contribution in [2.45, 2.75) is 25.6 Å². The molecule has 2 aromatic rings. The van der Waals surface area contributed by atoms with Crippen molar-refractivity contribution in [1.82, 2.24) is 14.9 Å². The number of amides is 1. The maximum Gasteiger partial charge on any atom is 0.419 e. The molecule has 0 saturated heterocycles. The first-order chi connectivity index (χ1) is 14.0. The Morgan fingerprint density at radius 3 is 2.47 bits per heavy atom. The van der Waals surface area contributed by atoms with Crippen LogP contribution in [0.3, 0.4) is 0 Å². The van der Waals surface area contributed by atoms with Crippen LogP contribution in [-0.4, -0.2) is 33.4 Å². The highest BCUT2D eigenvalue weighted by Crippen LogP contribution is 2.33. The number of rotatable bonds is 3. The molecule has 0 fully saturated rings. The molecule has 7 nitrogen and oxygen atoms in total. The molecule has 3 rings (SSSR count). The van der Waals surface area contributed by atoms with E-state index in [-0.39, 0.29) is 24.6 Å². The Hall–Kier alpha value is -3.28. The zero-order chi connectivity index (χ0) is 22.2. The average molecular weight is 428 g/mol. The molecular formula is C18H17F5N6O. The van der Waals surface area contributed by atoms with Gasteiger partial charge in [0.1, 0.15) is 5.82 Å². The molecule has 1 aliphatic rings. The number of benzene rings is 1. The number of hydrogen-bond acceptors (Lipinski definition) is 6. The lowest BCUT2D eigenvalue weighted by Gasteiger charge is -2.37. The Labute approximate surface area is 167 Å². The Balaban J connectivity index is 1.88. The van der Waals surface area contributed by atoms with Gasteiger partial charge in [0.2, 0.25) is 5.95 Å². The van der Waals surface area contributed by atoms with Crippen molar-refractivity contribution in [2.75, 3.05) is 11.6 Å². The van der Waals surface area contributed by atoms with Crippen LogP contribution < -0.4 is 16.6 Å². The van der Waals surface area contributed by atoms with E-state index in [0.717, 1.165) is 34.4 Å². The molecule has 1 aliphatic heterocycles. The van der Waals surface area contributed by atoms with Gasteiger partial charge in [0.15, 0.2) is 5.82 Å². The highest BCUT2D eigenvalue weighted by Gasteiger charge is 2.38. The van der Waals surface area contributed by atoms with E-state index in [0.29, 0.717) is 11.8 Å². The van der Waals surface area contributed by atoms with Gasteiger partial charge in [-0.3, -0.25) is 4.79 Å². The summed E-state index contributed by atoms with van der Waals surface area (Å²) in [5.41, 5.74) is 4.25. The number of hydrazine groups is 1. The summed E-state index contributed by atoms with van der Waals surface area (Å²) in [6.45, 7) is 1.40. The lowest BCUT2D eigenvalue weighted by molar-refractivity contribution is -0.140. The maximum atomic E-state index is 14.4. The standard InChI is InChI=1S/C18H17F5N6O/c1-9-5-14(29(25)17-26-6-10(19)7-27-17)13(24)8-28(9)16(30)11-3-2-4-12(15(11)20)18(21,22)23/h2-4,6-7,9H,5,8,24-25H2,1H3/t9-/m1/s1. The topological polar surface area (TPSA) is 101 Å². The number of anilines is 1. The van der Waals surface area contributed by atoms with Gasteiger partial charge in [-0.05, 0) is 19.1 Å². The van der Waals surface area contributed by atoms with Crippen LogP contribution >= 0.6 is 0 Å². The molecule has 1 atom stereocenters. The number of carbonyl (C=O) groups is 1. The van der Waals surface area contributed by atoms with E-state index in [2.05, 4.69) is 9.97 Å². The quantitative estimate of drug-likeness (QED) is 0.443. The zero-order valence-corrected chi connectivity index (χ0v) is 15.6. The average Bonchev–Trinajstić information content (AvgIpc) is 2.68. The van der Waals surface area contributed by atoms with Crippen LogP contribution in [0.1, 0.15) is 29.3 Å². The summed E-state index contributed by atoms with van der Waals surface area (Å²) < 4.78 is 66.2. The van der Waals surface area contributed by atoms with Gasteiger partial charge >= 0.3 is 6.18 Å². The molecule has 12 heteroatoms. The van der Waals surface area contributed by atoms with Crippen LogP contribution in [0.4, 0.5) is 27.9 Å². The second-order valence-corrected chi connectivity index (χ2v) is 6.69. The van der Waals surface area contributed by atoms with Crippen LogP contribution in [0, 0.1) is 11.6 Å². The van der Waals surface area contributed by atoms with Crippen molar-refractivity contribution in [3.8, 4) is 0 Å². The molecule has 0 radical (unpaired) electrons. The smallest absolute Gasteiger partial charge is 0.399 e. The molecule has 2 heterocycles. The Kier molecular flexibility index (Phi) is 5.61. The second kappa shape index (κ2) is 7.86. The monoisotopic (exact) mass is 428 g/mol. The van der Waals surface area contributed by atoms with Gasteiger partial charge in [-0.2, -0.15) is 13.2 Å². The number of hydrogen-bond donors (Lipinski definition) is 2. The van der Waals surface area contributed by atoms with Gasteiger partial charge in [-0.25, -0.2) is 29.6 Å². The first kappa shape index (κ1) is 21.4. The molecular weight excluding hydrogens is 411 g/mol. The van der Waals surface area contributed by atoms with E-state index in [1.54, 1.807) is 6.92 Å². The molecule has 1 amide bonds. The van der Waals surface area contributed by atoms with E-state index in [9.17, 15) is 26.7 Å². The van der Waals surface area contributed by atoms with E-state index in [1.165, 1.54) is 0 Å². The molecule has 30 heavy (non-hydrogen) atoms. The van der Waals surface area contributed by atoms with E-state index in [1.807, 2.05) is 0 Å². The highest BCUT2D eigenvalue weighted by molar-refractivity contribution is 5.95. The Bertz CT molecular complexity index is 992. The van der Waals surface area contributed by atoms with Crippen molar-refractivity contribution in [3.05, 3.63) is 64.7 Å². The van der Waals surface area contributed by atoms with Gasteiger partial charge in [0, 0.05) is 18.2 Å². The van der Waals surface area contributed by atoms with Crippen molar-refractivity contribution < 1.29 is 26.7 Å². The molecule has 1 aromatic heterocycles. The maximum absolute atomic E-state index is 14.4. The molecule has 0 bridgehead atoms. The predicted octanol–water partition coefficient (Wildman–Crippen LogP) is 2.56. The van der Waals surface area contributed by atoms with E-state index >= 15 is 0 Å². The molecule has 1 aromatic carbocycles. The Morgan fingerprint density at radius 2 is 1.87 bits per heavy atom. The fourth-order valence-corrected chi connectivity index (χ4v) is 3.10. The molecule has 0 unspecified atom stereocenters. The summed E-state index contributed by atoms with van der Waals surface area (Å²) in [4.78, 5) is 21.4. The lowest BCUT2D eigenvalue weighted by Crippen LogP contribution is -2.48. The fraction of sp³-hybridized carbons (Fsp3) is 0.278. The van der Waals surface area contributed by atoms with Crippen LogP contribution in [-0.2, 0) is 6.18 Å². The molecule has 0 spiro atoms. The summed E-state index contributed by atoms with van der Waals surface area (Å²) in [7, 11) is 0. The van der Waals surface area contributed by atoms with E-state index < -0.39 is 40.9 Å². The van der Waals surface area contributed by atoms with Crippen LogP contribution in [0.5, 0.6) is 0 Å². The highest BCUT2D eigenvalue weighted by atomic mass is 19.4. The third-order valence-corrected chi connectivity index (χ3v) is 4.64. The predicted molar refractivity (Wildman–Crippen MR) is 96.4 cm³/mol. The van der Waals surface area contributed by atoms with Gasteiger partial charge < -0.3 is 10.6 Å². The molecule has 4 N–H and O–H groups in total. The van der Waals surface area contributed by atoms with Gasteiger partial charge in [-0.15, -0.1) is 0 Å². The van der Waals surface area contributed by atoms with Crippen LogP contribution in [0.25, 0.3) is 0 Å². The summed E-state index contributed by atoms with van der Waals surface area (Å²) in [5.74, 6) is 2.68. The number of carbonyl (C=O) groups excluding carboxylic acids is 1. The van der Waals surface area contributed by atoms with Crippen molar-refractivity contribution in [3.63, 3.8) is 0 Å².